The lowest BCUT2D eigenvalue weighted by atomic mass is 9.85. The number of nitrogens with zero attached hydrogens (tertiary/aromatic N) is 5. The molecule has 1 unspecified atom stereocenters. The number of rotatable bonds is 5. The first kappa shape index (κ1) is 23.1. The van der Waals surface area contributed by atoms with E-state index in [1.165, 1.54) is 6.92 Å². The van der Waals surface area contributed by atoms with E-state index >= 15 is 0 Å². The van der Waals surface area contributed by atoms with Crippen LogP contribution in [0.25, 0.3) is 16.8 Å². The van der Waals surface area contributed by atoms with Crippen molar-refractivity contribution in [3.63, 3.8) is 0 Å². The second-order valence-corrected chi connectivity index (χ2v) is 10.2. The third kappa shape index (κ3) is 3.67. The lowest BCUT2D eigenvalue weighted by molar-refractivity contribution is -0.138. The Morgan fingerprint density at radius 3 is 2.56 bits per heavy atom. The number of aliphatic hydroxyl groups excluding tert-OH is 1. The molecule has 3 aliphatic heterocycles. The number of carbonyl (C=O) groups is 2. The van der Waals surface area contributed by atoms with Crippen molar-refractivity contribution in [2.45, 2.75) is 69.5 Å². The maximum atomic E-state index is 12.7. The quantitative estimate of drug-likeness (QED) is 0.464. The number of Topliss-reactive ketones (excluding diaryl/α,β-unsaturated/α-hetero) is 1. The van der Waals surface area contributed by atoms with Crippen LogP contribution >= 0.6 is 0 Å². The highest BCUT2D eigenvalue weighted by Gasteiger charge is 2.44. The van der Waals surface area contributed by atoms with Crippen LogP contribution in [0.15, 0.2) is 24.5 Å². The summed E-state index contributed by atoms with van der Waals surface area (Å²) in [7, 11) is 0. The lowest BCUT2D eigenvalue weighted by Gasteiger charge is -2.39. The van der Waals surface area contributed by atoms with E-state index in [0.29, 0.717) is 35.8 Å². The average Bonchev–Trinajstić information content (AvgIpc) is 3.62. The zero-order chi connectivity index (χ0) is 25.0. The van der Waals surface area contributed by atoms with E-state index in [1.807, 2.05) is 23.2 Å². The summed E-state index contributed by atoms with van der Waals surface area (Å²) in [5, 5.41) is 17.4. The number of ketones is 1. The first-order valence-corrected chi connectivity index (χ1v) is 12.8. The molecule has 3 saturated heterocycles. The summed E-state index contributed by atoms with van der Waals surface area (Å²) >= 11 is 0. The molecule has 0 radical (unpaired) electrons. The fourth-order valence-corrected chi connectivity index (χ4v) is 6.49. The highest BCUT2D eigenvalue weighted by Crippen LogP contribution is 2.44. The van der Waals surface area contributed by atoms with Crippen LogP contribution in [0, 0.1) is 0 Å². The Morgan fingerprint density at radius 1 is 1.17 bits per heavy atom. The molecule has 3 aliphatic rings. The number of carbonyl (C=O) groups excluding carboxylic acids is 2. The Balaban J connectivity index is 1.40. The number of piperidine rings is 1. The molecule has 0 aromatic carbocycles. The number of nitrogens with one attached hydrogen (secondary N) is 1. The van der Waals surface area contributed by atoms with Crippen LogP contribution in [-0.4, -0.2) is 66.5 Å². The van der Waals surface area contributed by atoms with Crippen LogP contribution in [0.5, 0.6) is 0 Å². The minimum Gasteiger partial charge on any atom is -0.387 e. The summed E-state index contributed by atoms with van der Waals surface area (Å²) in [5.41, 5.74) is 10.9. The molecular weight excluding hydrogens is 458 g/mol. The summed E-state index contributed by atoms with van der Waals surface area (Å²) in [6.45, 7) is 2.05. The van der Waals surface area contributed by atoms with Crippen molar-refractivity contribution in [1.29, 1.82) is 0 Å². The second-order valence-electron chi connectivity index (χ2n) is 10.2. The fraction of sp³-hybridized carbons (Fsp3) is 0.500. The molecule has 188 valence electrons. The molecule has 6 rings (SSSR count). The zero-order valence-electron chi connectivity index (χ0n) is 20.4. The van der Waals surface area contributed by atoms with Crippen LogP contribution in [-0.2, 0) is 4.79 Å². The largest absolute Gasteiger partial charge is 0.387 e. The van der Waals surface area contributed by atoms with Gasteiger partial charge in [-0.15, -0.1) is 0 Å². The summed E-state index contributed by atoms with van der Waals surface area (Å²) in [6.07, 6.45) is 8.99. The number of hydrogen-bond acceptors (Lipinski definition) is 8. The molecule has 3 aromatic heterocycles. The average molecular weight is 490 g/mol. The van der Waals surface area contributed by atoms with Crippen molar-refractivity contribution >= 4 is 23.2 Å². The first-order chi connectivity index (χ1) is 17.5. The SMILES string of the molecule is CC(=O)c1c([C@@H]2C[C@H]3CC[C@@H](C2)N3C(=O)CO)nc2c(-c3ccc(C4CCCN4)nc3)cnn2c1N. The molecule has 0 saturated carbocycles. The highest BCUT2D eigenvalue weighted by molar-refractivity contribution is 6.00. The van der Waals surface area contributed by atoms with E-state index in [4.69, 9.17) is 15.7 Å². The molecule has 3 aromatic rings. The fourth-order valence-electron chi connectivity index (χ4n) is 6.49. The van der Waals surface area contributed by atoms with Gasteiger partial charge in [0, 0.05) is 41.4 Å². The number of fused-ring (bicyclic) bond motifs is 3. The molecule has 6 heterocycles. The topological polar surface area (TPSA) is 139 Å². The Hall–Kier alpha value is -3.37. The lowest BCUT2D eigenvalue weighted by Crippen LogP contribution is -2.47. The van der Waals surface area contributed by atoms with Gasteiger partial charge in [-0.05, 0) is 58.1 Å². The van der Waals surface area contributed by atoms with E-state index in [9.17, 15) is 14.7 Å². The van der Waals surface area contributed by atoms with E-state index in [2.05, 4.69) is 10.4 Å². The Morgan fingerprint density at radius 2 is 1.94 bits per heavy atom. The van der Waals surface area contributed by atoms with Crippen LogP contribution in [0.2, 0.25) is 0 Å². The van der Waals surface area contributed by atoms with Gasteiger partial charge < -0.3 is 21.1 Å². The number of aliphatic hydroxyl groups is 1. The second kappa shape index (κ2) is 8.94. The molecular formula is C26H31N7O3. The van der Waals surface area contributed by atoms with E-state index in [-0.39, 0.29) is 35.5 Å². The molecule has 10 heteroatoms. The summed E-state index contributed by atoms with van der Waals surface area (Å²) in [5.74, 6) is -0.0921. The van der Waals surface area contributed by atoms with Gasteiger partial charge in [-0.25, -0.2) is 4.98 Å². The zero-order valence-corrected chi connectivity index (χ0v) is 20.4. The minimum absolute atomic E-state index is 0.00636. The third-order valence-electron chi connectivity index (χ3n) is 8.12. The number of pyridine rings is 1. The molecule has 1 amide bonds. The van der Waals surface area contributed by atoms with Gasteiger partial charge in [0.1, 0.15) is 12.4 Å². The van der Waals surface area contributed by atoms with Crippen molar-refractivity contribution in [1.82, 2.24) is 29.8 Å². The van der Waals surface area contributed by atoms with E-state index in [1.54, 1.807) is 10.7 Å². The van der Waals surface area contributed by atoms with Crippen LogP contribution in [0.4, 0.5) is 5.82 Å². The van der Waals surface area contributed by atoms with Gasteiger partial charge in [0.25, 0.3) is 0 Å². The van der Waals surface area contributed by atoms with Gasteiger partial charge >= 0.3 is 0 Å². The smallest absolute Gasteiger partial charge is 0.248 e. The monoisotopic (exact) mass is 489 g/mol. The van der Waals surface area contributed by atoms with E-state index in [0.717, 1.165) is 49.0 Å². The van der Waals surface area contributed by atoms with Gasteiger partial charge in [-0.2, -0.15) is 9.61 Å². The van der Waals surface area contributed by atoms with E-state index < -0.39 is 6.61 Å². The number of nitrogen functional groups attached to an aromatic ring is 1. The summed E-state index contributed by atoms with van der Waals surface area (Å²) in [6, 6.07) is 4.45. The Kier molecular flexibility index (Phi) is 5.72. The number of anilines is 1. The van der Waals surface area contributed by atoms with Gasteiger partial charge in [-0.1, -0.05) is 6.07 Å². The van der Waals surface area contributed by atoms with Crippen molar-refractivity contribution < 1.29 is 14.7 Å². The first-order valence-electron chi connectivity index (χ1n) is 12.8. The summed E-state index contributed by atoms with van der Waals surface area (Å²) in [4.78, 5) is 36.6. The predicted octanol–water partition coefficient (Wildman–Crippen LogP) is 2.23. The number of hydrogen-bond donors (Lipinski definition) is 3. The molecule has 0 aliphatic carbocycles. The maximum Gasteiger partial charge on any atom is 0.248 e. The number of aromatic nitrogens is 4. The van der Waals surface area contributed by atoms with Crippen LogP contribution in [0.3, 0.4) is 0 Å². The standard InChI is InChI=1S/C26H31N7O3/c1-14(35)23-24(16-9-17-5-6-18(10-16)32(17)22(36)13-34)31-26-19(12-30-33(26)25(23)27)15-4-7-21(29-11-15)20-3-2-8-28-20/h4,7,11-12,16-18,20,28,34H,2-3,5-6,8-10,13,27H2,1H3/t16-,17-,18+,20?. The maximum absolute atomic E-state index is 12.7. The van der Waals surface area contributed by atoms with Crippen molar-refractivity contribution in [3.05, 3.63) is 41.5 Å². The van der Waals surface area contributed by atoms with Crippen molar-refractivity contribution in [2.24, 2.45) is 0 Å². The Bertz CT molecular complexity index is 1320. The van der Waals surface area contributed by atoms with Gasteiger partial charge in [0.2, 0.25) is 5.91 Å². The van der Waals surface area contributed by atoms with Crippen molar-refractivity contribution in [2.75, 3.05) is 18.9 Å². The van der Waals surface area contributed by atoms with Crippen LogP contribution in [0.1, 0.15) is 79.2 Å². The summed E-state index contributed by atoms with van der Waals surface area (Å²) < 4.78 is 1.54. The normalized spacial score (nSPS) is 25.6. The number of amides is 1. The molecule has 4 atom stereocenters. The van der Waals surface area contributed by atoms with Gasteiger partial charge in [0.05, 0.1) is 23.1 Å². The minimum atomic E-state index is -0.476. The molecule has 3 fully saturated rings. The van der Waals surface area contributed by atoms with Crippen molar-refractivity contribution in [3.8, 4) is 11.1 Å². The highest BCUT2D eigenvalue weighted by atomic mass is 16.3. The molecule has 10 nitrogen and oxygen atoms in total. The van der Waals surface area contributed by atoms with Gasteiger partial charge in [0.15, 0.2) is 11.4 Å². The van der Waals surface area contributed by atoms with Crippen LogP contribution < -0.4 is 11.1 Å². The molecule has 0 spiro atoms. The molecule has 36 heavy (non-hydrogen) atoms. The molecule has 2 bridgehead atoms. The van der Waals surface area contributed by atoms with Gasteiger partial charge in [-0.3, -0.25) is 14.6 Å². The Labute approximate surface area is 208 Å². The number of nitrogens with two attached hydrogens (primary N) is 1. The molecule has 4 N–H and O–H groups in total. The third-order valence-corrected chi connectivity index (χ3v) is 8.12. The predicted molar refractivity (Wildman–Crippen MR) is 133 cm³/mol.